The number of nitrogens with two attached hydrogens (primary N) is 1. The molecule has 0 amide bonds. The maximum Gasteiger partial charge on any atom is 0.231 e. The molecule has 1 aliphatic heterocycles. The SMILES string of the molecule is Cc1ccn2c(C)c(-c3ccc4c(c3)OCO4)nc2c1N. The zero-order valence-corrected chi connectivity index (χ0v) is 11.9. The van der Waals surface area contributed by atoms with Gasteiger partial charge in [0, 0.05) is 17.5 Å². The highest BCUT2D eigenvalue weighted by molar-refractivity contribution is 5.76. The van der Waals surface area contributed by atoms with Gasteiger partial charge in [0.25, 0.3) is 0 Å². The first-order valence-corrected chi connectivity index (χ1v) is 6.79. The van der Waals surface area contributed by atoms with E-state index in [-0.39, 0.29) is 6.79 Å². The topological polar surface area (TPSA) is 61.8 Å². The van der Waals surface area contributed by atoms with Gasteiger partial charge in [-0.15, -0.1) is 0 Å². The summed E-state index contributed by atoms with van der Waals surface area (Å²) in [6.45, 7) is 4.30. The number of nitrogen functional groups attached to an aromatic ring is 1. The predicted octanol–water partition coefficient (Wildman–Crippen LogP) is 2.93. The number of hydrogen-bond donors (Lipinski definition) is 1. The van der Waals surface area contributed by atoms with Gasteiger partial charge in [0.2, 0.25) is 6.79 Å². The molecule has 0 fully saturated rings. The second-order valence-electron chi connectivity index (χ2n) is 5.22. The van der Waals surface area contributed by atoms with Crippen molar-refractivity contribution in [3.63, 3.8) is 0 Å². The Balaban J connectivity index is 1.94. The van der Waals surface area contributed by atoms with Crippen molar-refractivity contribution in [1.29, 1.82) is 0 Å². The highest BCUT2D eigenvalue weighted by Gasteiger charge is 2.18. The van der Waals surface area contributed by atoms with Gasteiger partial charge in [-0.2, -0.15) is 0 Å². The number of aryl methyl sites for hydroxylation is 2. The second-order valence-corrected chi connectivity index (χ2v) is 5.22. The summed E-state index contributed by atoms with van der Waals surface area (Å²) < 4.78 is 12.8. The fourth-order valence-corrected chi connectivity index (χ4v) is 2.66. The molecular formula is C16H15N3O2. The molecule has 3 heterocycles. The van der Waals surface area contributed by atoms with E-state index in [1.54, 1.807) is 0 Å². The van der Waals surface area contributed by atoms with E-state index in [2.05, 4.69) is 0 Å². The monoisotopic (exact) mass is 281 g/mol. The Morgan fingerprint density at radius 2 is 1.95 bits per heavy atom. The van der Waals surface area contributed by atoms with Crippen LogP contribution in [0.3, 0.4) is 0 Å². The molecule has 3 aromatic rings. The van der Waals surface area contributed by atoms with E-state index in [1.165, 1.54) is 0 Å². The van der Waals surface area contributed by atoms with Crippen LogP contribution in [0.5, 0.6) is 11.5 Å². The lowest BCUT2D eigenvalue weighted by Gasteiger charge is -2.03. The summed E-state index contributed by atoms with van der Waals surface area (Å²) in [5.74, 6) is 1.53. The third-order valence-electron chi connectivity index (χ3n) is 3.94. The van der Waals surface area contributed by atoms with Crippen LogP contribution >= 0.6 is 0 Å². The van der Waals surface area contributed by atoms with E-state index in [4.69, 9.17) is 20.2 Å². The number of anilines is 1. The van der Waals surface area contributed by atoms with E-state index in [9.17, 15) is 0 Å². The Labute approximate surface area is 121 Å². The minimum absolute atomic E-state index is 0.273. The van der Waals surface area contributed by atoms with Gasteiger partial charge in [0.05, 0.1) is 11.4 Å². The number of pyridine rings is 1. The minimum atomic E-state index is 0.273. The number of fused-ring (bicyclic) bond motifs is 2. The molecule has 0 bridgehead atoms. The van der Waals surface area contributed by atoms with Crippen molar-refractivity contribution in [1.82, 2.24) is 9.38 Å². The van der Waals surface area contributed by atoms with Gasteiger partial charge in [0.1, 0.15) is 0 Å². The summed E-state index contributed by atoms with van der Waals surface area (Å²) in [6, 6.07) is 7.86. The van der Waals surface area contributed by atoms with Crippen molar-refractivity contribution in [3.8, 4) is 22.8 Å². The van der Waals surface area contributed by atoms with Crippen molar-refractivity contribution < 1.29 is 9.47 Å². The molecule has 2 N–H and O–H groups in total. The number of benzene rings is 1. The molecule has 0 radical (unpaired) electrons. The molecule has 2 aromatic heterocycles. The van der Waals surface area contributed by atoms with E-state index in [0.29, 0.717) is 5.69 Å². The van der Waals surface area contributed by atoms with E-state index < -0.39 is 0 Å². The average molecular weight is 281 g/mol. The third kappa shape index (κ3) is 1.67. The number of rotatable bonds is 1. The highest BCUT2D eigenvalue weighted by atomic mass is 16.7. The van der Waals surface area contributed by atoms with Crippen LogP contribution in [-0.2, 0) is 0 Å². The van der Waals surface area contributed by atoms with Crippen molar-refractivity contribution in [3.05, 3.63) is 41.7 Å². The Bertz CT molecular complexity index is 868. The van der Waals surface area contributed by atoms with Crippen LogP contribution in [0.1, 0.15) is 11.3 Å². The smallest absolute Gasteiger partial charge is 0.231 e. The molecule has 4 rings (SSSR count). The van der Waals surface area contributed by atoms with Crippen LogP contribution in [0.25, 0.3) is 16.9 Å². The van der Waals surface area contributed by atoms with Crippen molar-refractivity contribution in [2.45, 2.75) is 13.8 Å². The lowest BCUT2D eigenvalue weighted by atomic mass is 10.1. The average Bonchev–Trinajstić information content (AvgIpc) is 3.07. The zero-order chi connectivity index (χ0) is 14.6. The van der Waals surface area contributed by atoms with Crippen LogP contribution in [0.2, 0.25) is 0 Å². The molecule has 0 saturated heterocycles. The fraction of sp³-hybridized carbons (Fsp3) is 0.188. The first-order valence-electron chi connectivity index (χ1n) is 6.79. The molecule has 1 aliphatic rings. The fourth-order valence-electron chi connectivity index (χ4n) is 2.66. The maximum absolute atomic E-state index is 6.14. The molecule has 106 valence electrons. The van der Waals surface area contributed by atoms with Crippen LogP contribution < -0.4 is 15.2 Å². The standard InChI is InChI=1S/C16H15N3O2/c1-9-5-6-19-10(2)15(18-16(19)14(9)17)11-3-4-12-13(7-11)21-8-20-12/h3-7H,8,17H2,1-2H3. The molecule has 0 aliphatic carbocycles. The molecular weight excluding hydrogens is 266 g/mol. The Hall–Kier alpha value is -2.69. The summed E-state index contributed by atoms with van der Waals surface area (Å²) >= 11 is 0. The van der Waals surface area contributed by atoms with E-state index in [1.807, 2.05) is 48.7 Å². The molecule has 0 saturated carbocycles. The number of ether oxygens (including phenoxy) is 2. The lowest BCUT2D eigenvalue weighted by Crippen LogP contribution is -1.96. The van der Waals surface area contributed by atoms with E-state index in [0.717, 1.165) is 39.7 Å². The number of nitrogens with zero attached hydrogens (tertiary/aromatic N) is 2. The van der Waals surface area contributed by atoms with Gasteiger partial charge in [-0.05, 0) is 43.7 Å². The van der Waals surface area contributed by atoms with Crippen molar-refractivity contribution in [2.24, 2.45) is 0 Å². The number of aromatic nitrogens is 2. The predicted molar refractivity (Wildman–Crippen MR) is 80.6 cm³/mol. The van der Waals surface area contributed by atoms with Gasteiger partial charge >= 0.3 is 0 Å². The lowest BCUT2D eigenvalue weighted by molar-refractivity contribution is 0.174. The Kier molecular flexibility index (Phi) is 2.39. The van der Waals surface area contributed by atoms with Gasteiger partial charge in [-0.3, -0.25) is 0 Å². The molecule has 0 unspecified atom stereocenters. The summed E-state index contributed by atoms with van der Waals surface area (Å²) in [5, 5.41) is 0. The largest absolute Gasteiger partial charge is 0.454 e. The summed E-state index contributed by atoms with van der Waals surface area (Å²) in [6.07, 6.45) is 2.00. The number of imidazole rings is 1. The van der Waals surface area contributed by atoms with Crippen LogP contribution in [0, 0.1) is 13.8 Å². The normalized spacial score (nSPS) is 13.0. The summed E-state index contributed by atoms with van der Waals surface area (Å²) in [7, 11) is 0. The number of hydrogen-bond acceptors (Lipinski definition) is 4. The van der Waals surface area contributed by atoms with Gasteiger partial charge < -0.3 is 19.6 Å². The first-order chi connectivity index (χ1) is 10.1. The van der Waals surface area contributed by atoms with Crippen LogP contribution in [0.15, 0.2) is 30.5 Å². The maximum atomic E-state index is 6.14. The molecule has 5 nitrogen and oxygen atoms in total. The van der Waals surface area contributed by atoms with Crippen LogP contribution in [-0.4, -0.2) is 16.2 Å². The zero-order valence-electron chi connectivity index (χ0n) is 11.9. The van der Waals surface area contributed by atoms with Crippen LogP contribution in [0.4, 0.5) is 5.69 Å². The quantitative estimate of drug-likeness (QED) is 0.745. The van der Waals surface area contributed by atoms with Gasteiger partial charge in [-0.1, -0.05) is 0 Å². The molecule has 21 heavy (non-hydrogen) atoms. The first kappa shape index (κ1) is 12.1. The van der Waals surface area contributed by atoms with E-state index >= 15 is 0 Å². The molecule has 0 spiro atoms. The molecule has 0 atom stereocenters. The Morgan fingerprint density at radius 1 is 1.14 bits per heavy atom. The van der Waals surface area contributed by atoms with Crippen molar-refractivity contribution >= 4 is 11.3 Å². The minimum Gasteiger partial charge on any atom is -0.454 e. The third-order valence-corrected chi connectivity index (χ3v) is 3.94. The van der Waals surface area contributed by atoms with Gasteiger partial charge in [-0.25, -0.2) is 4.98 Å². The molecule has 5 heteroatoms. The summed E-state index contributed by atoms with van der Waals surface area (Å²) in [5.41, 5.74) is 11.6. The Morgan fingerprint density at radius 3 is 2.81 bits per heavy atom. The highest BCUT2D eigenvalue weighted by Crippen LogP contribution is 2.37. The molecule has 1 aromatic carbocycles. The van der Waals surface area contributed by atoms with Gasteiger partial charge in [0.15, 0.2) is 17.1 Å². The second kappa shape index (κ2) is 4.15. The summed E-state index contributed by atoms with van der Waals surface area (Å²) in [4.78, 5) is 4.71. The van der Waals surface area contributed by atoms with Crippen molar-refractivity contribution in [2.75, 3.05) is 12.5 Å².